The molecular weight excluding hydrogens is 224 g/mol. The van der Waals surface area contributed by atoms with Gasteiger partial charge < -0.3 is 5.11 Å². The Kier molecular flexibility index (Phi) is 3.32. The van der Waals surface area contributed by atoms with Crippen molar-refractivity contribution in [3.05, 3.63) is 29.6 Å². The number of hydrogen-bond donors (Lipinski definition) is 1. The Bertz CT molecular complexity index is 403. The molecule has 0 aliphatic carbocycles. The van der Waals surface area contributed by atoms with Crippen LogP contribution in [0.5, 0.6) is 0 Å². The van der Waals surface area contributed by atoms with Crippen LogP contribution < -0.4 is 0 Å². The number of nitrogens with zero attached hydrogens (tertiary/aromatic N) is 1. The molecule has 0 aromatic carbocycles. The van der Waals surface area contributed by atoms with Crippen LogP contribution in [-0.2, 0) is 11.3 Å². The van der Waals surface area contributed by atoms with Crippen molar-refractivity contribution in [3.63, 3.8) is 0 Å². The molecule has 1 N–H and O–H groups in total. The monoisotopic (exact) mass is 243 g/mol. The molecule has 1 rings (SSSR count). The van der Waals surface area contributed by atoms with Crippen LogP contribution in [0.1, 0.15) is 46.0 Å². The van der Waals surface area contributed by atoms with E-state index in [1.54, 1.807) is 12.1 Å². The van der Waals surface area contributed by atoms with Gasteiger partial charge in [0.1, 0.15) is 11.3 Å². The largest absolute Gasteiger partial charge is 0.384 e. The minimum absolute atomic E-state index is 0.300. The van der Waals surface area contributed by atoms with Gasteiger partial charge >= 0.3 is 5.92 Å². The fourth-order valence-electron chi connectivity index (χ4n) is 1.34. The molecule has 1 aromatic rings. The van der Waals surface area contributed by atoms with Gasteiger partial charge in [0.05, 0.1) is 0 Å². The van der Waals surface area contributed by atoms with E-state index in [0.717, 1.165) is 13.8 Å². The highest BCUT2D eigenvalue weighted by molar-refractivity contribution is 5.21. The lowest BCUT2D eigenvalue weighted by atomic mass is 9.90. The van der Waals surface area contributed by atoms with Crippen molar-refractivity contribution >= 4 is 0 Å². The molecule has 1 aromatic heterocycles. The van der Waals surface area contributed by atoms with Crippen LogP contribution in [0.25, 0.3) is 0 Å². The van der Waals surface area contributed by atoms with Crippen LogP contribution in [-0.4, -0.2) is 15.7 Å². The van der Waals surface area contributed by atoms with Gasteiger partial charge in [-0.15, -0.1) is 0 Å². The van der Waals surface area contributed by atoms with Gasteiger partial charge in [0.25, 0.3) is 0 Å². The van der Waals surface area contributed by atoms with Crippen molar-refractivity contribution in [2.45, 2.75) is 51.6 Å². The number of aromatic nitrogens is 1. The van der Waals surface area contributed by atoms with Crippen LogP contribution in [0.3, 0.4) is 0 Å². The number of halogens is 2. The van der Waals surface area contributed by atoms with Gasteiger partial charge in [0, 0.05) is 11.1 Å². The molecule has 0 unspecified atom stereocenters. The molecule has 2 nitrogen and oxygen atoms in total. The Morgan fingerprint density at radius 1 is 1.00 bits per heavy atom. The van der Waals surface area contributed by atoms with Gasteiger partial charge in [-0.1, -0.05) is 26.8 Å². The van der Waals surface area contributed by atoms with Crippen molar-refractivity contribution in [3.8, 4) is 0 Å². The first kappa shape index (κ1) is 14.0. The number of hydrogen-bond acceptors (Lipinski definition) is 2. The Labute approximate surface area is 101 Å². The second-order valence-corrected chi connectivity index (χ2v) is 5.79. The zero-order valence-corrected chi connectivity index (χ0v) is 10.9. The molecule has 0 atom stereocenters. The molecule has 1 heterocycles. The van der Waals surface area contributed by atoms with E-state index in [2.05, 4.69) is 4.98 Å². The zero-order chi connectivity index (χ0) is 13.5. The maximum atomic E-state index is 13.9. The van der Waals surface area contributed by atoms with Crippen molar-refractivity contribution in [1.82, 2.24) is 4.98 Å². The summed E-state index contributed by atoms with van der Waals surface area (Å²) in [6, 6.07) is 4.50. The highest BCUT2D eigenvalue weighted by atomic mass is 19.3. The molecule has 17 heavy (non-hydrogen) atoms. The molecule has 96 valence electrons. The predicted molar refractivity (Wildman–Crippen MR) is 63.1 cm³/mol. The molecule has 0 aliphatic rings. The van der Waals surface area contributed by atoms with E-state index in [1.165, 1.54) is 6.07 Å². The lowest BCUT2D eigenvalue weighted by molar-refractivity contribution is -0.171. The Morgan fingerprint density at radius 2 is 1.47 bits per heavy atom. The highest BCUT2D eigenvalue weighted by Gasteiger charge is 2.48. The summed E-state index contributed by atoms with van der Waals surface area (Å²) < 4.78 is 27.8. The maximum Gasteiger partial charge on any atom is 0.317 e. The molecule has 0 fully saturated rings. The molecule has 0 saturated carbocycles. The number of alkyl halides is 2. The standard InChI is InChI=1S/C13H19F2NO/c1-11(2,3)9-7-6-8-10(16-9)13(14,15)12(4,5)17/h6-8,17H,1-5H3. The smallest absolute Gasteiger partial charge is 0.317 e. The molecule has 0 spiro atoms. The summed E-state index contributed by atoms with van der Waals surface area (Å²) in [4.78, 5) is 3.97. The van der Waals surface area contributed by atoms with E-state index in [1.807, 2.05) is 20.8 Å². The fourth-order valence-corrected chi connectivity index (χ4v) is 1.34. The van der Waals surface area contributed by atoms with Crippen LogP contribution >= 0.6 is 0 Å². The summed E-state index contributed by atoms with van der Waals surface area (Å²) in [6.07, 6.45) is 0. The quantitative estimate of drug-likeness (QED) is 0.865. The summed E-state index contributed by atoms with van der Waals surface area (Å²) >= 11 is 0. The van der Waals surface area contributed by atoms with Gasteiger partial charge in [-0.3, -0.25) is 4.98 Å². The second kappa shape index (κ2) is 4.02. The predicted octanol–water partition coefficient (Wildman–Crippen LogP) is 3.24. The first-order chi connectivity index (χ1) is 7.46. The summed E-state index contributed by atoms with van der Waals surface area (Å²) in [7, 11) is 0. The van der Waals surface area contributed by atoms with Gasteiger partial charge in [-0.2, -0.15) is 8.78 Å². The summed E-state index contributed by atoms with van der Waals surface area (Å²) in [6.45, 7) is 7.88. The Hall–Kier alpha value is -1.03. The second-order valence-electron chi connectivity index (χ2n) is 5.79. The first-order valence-electron chi connectivity index (χ1n) is 5.54. The van der Waals surface area contributed by atoms with E-state index in [-0.39, 0.29) is 5.41 Å². The lowest BCUT2D eigenvalue weighted by Crippen LogP contribution is -2.41. The zero-order valence-electron chi connectivity index (χ0n) is 10.9. The fraction of sp³-hybridized carbons (Fsp3) is 0.615. The van der Waals surface area contributed by atoms with Crippen LogP contribution in [0.2, 0.25) is 0 Å². The van der Waals surface area contributed by atoms with E-state index < -0.39 is 17.2 Å². The van der Waals surface area contributed by atoms with Crippen LogP contribution in [0, 0.1) is 0 Å². The van der Waals surface area contributed by atoms with Crippen molar-refractivity contribution in [2.24, 2.45) is 0 Å². The molecule has 0 radical (unpaired) electrons. The summed E-state index contributed by atoms with van der Waals surface area (Å²) in [5.41, 5.74) is -2.24. The van der Waals surface area contributed by atoms with E-state index in [9.17, 15) is 13.9 Å². The van der Waals surface area contributed by atoms with Crippen molar-refractivity contribution in [2.75, 3.05) is 0 Å². The van der Waals surface area contributed by atoms with Gasteiger partial charge in [0.15, 0.2) is 0 Å². The normalized spacial score (nSPS) is 13.9. The number of pyridine rings is 1. The van der Waals surface area contributed by atoms with E-state index in [4.69, 9.17) is 0 Å². The van der Waals surface area contributed by atoms with Crippen LogP contribution in [0.15, 0.2) is 18.2 Å². The van der Waals surface area contributed by atoms with Crippen molar-refractivity contribution < 1.29 is 13.9 Å². The molecule has 0 aliphatic heterocycles. The summed E-state index contributed by atoms with van der Waals surface area (Å²) in [5, 5.41) is 9.50. The minimum Gasteiger partial charge on any atom is -0.384 e. The van der Waals surface area contributed by atoms with Gasteiger partial charge in [0.2, 0.25) is 0 Å². The highest BCUT2D eigenvalue weighted by Crippen LogP contribution is 2.38. The van der Waals surface area contributed by atoms with Crippen molar-refractivity contribution in [1.29, 1.82) is 0 Å². The van der Waals surface area contributed by atoms with Gasteiger partial charge in [-0.25, -0.2) is 0 Å². The summed E-state index contributed by atoms with van der Waals surface area (Å²) in [5.74, 6) is -3.37. The average Bonchev–Trinajstić information content (AvgIpc) is 2.15. The van der Waals surface area contributed by atoms with E-state index >= 15 is 0 Å². The average molecular weight is 243 g/mol. The van der Waals surface area contributed by atoms with E-state index in [0.29, 0.717) is 5.69 Å². The number of rotatable bonds is 2. The third-order valence-electron chi connectivity index (χ3n) is 2.61. The number of aliphatic hydroxyl groups is 1. The maximum absolute atomic E-state index is 13.9. The third kappa shape index (κ3) is 2.80. The Balaban J connectivity index is 3.26. The topological polar surface area (TPSA) is 33.1 Å². The molecule has 4 heteroatoms. The minimum atomic E-state index is -3.37. The first-order valence-corrected chi connectivity index (χ1v) is 5.54. The Morgan fingerprint density at radius 3 is 1.88 bits per heavy atom. The molecular formula is C13H19F2NO. The lowest BCUT2D eigenvalue weighted by Gasteiger charge is -2.29. The molecule has 0 bridgehead atoms. The van der Waals surface area contributed by atoms with Gasteiger partial charge in [-0.05, 0) is 26.0 Å². The molecule has 0 saturated heterocycles. The SMILES string of the molecule is CC(C)(C)c1cccc(C(F)(F)C(C)(C)O)n1. The van der Waals surface area contributed by atoms with Crippen LogP contribution in [0.4, 0.5) is 8.78 Å². The molecule has 0 amide bonds. The third-order valence-corrected chi connectivity index (χ3v) is 2.61.